The summed E-state index contributed by atoms with van der Waals surface area (Å²) in [5, 5.41) is 4.45. The van der Waals surface area contributed by atoms with Gasteiger partial charge in [-0.05, 0) is 30.3 Å². The highest BCUT2D eigenvalue weighted by atomic mass is 35.5. The predicted molar refractivity (Wildman–Crippen MR) is 88.5 cm³/mol. The first-order valence-corrected chi connectivity index (χ1v) is 7.68. The number of hydrogen-bond donors (Lipinski definition) is 1. The molecule has 2 heterocycles. The molecule has 0 aliphatic heterocycles. The van der Waals surface area contributed by atoms with Gasteiger partial charge in [0.1, 0.15) is 11.3 Å². The van der Waals surface area contributed by atoms with Crippen LogP contribution in [0.1, 0.15) is 0 Å². The third-order valence-electron chi connectivity index (χ3n) is 3.16. The molecular weight excluding hydrogens is 322 g/mol. The minimum absolute atomic E-state index is 0.397. The Morgan fingerprint density at radius 2 is 2.05 bits per heavy atom. The van der Waals surface area contributed by atoms with Crippen LogP contribution >= 0.6 is 22.9 Å². The first-order chi connectivity index (χ1) is 10.7. The number of aromatic nitrogens is 2. The maximum absolute atomic E-state index is 5.97. The lowest BCUT2D eigenvalue weighted by molar-refractivity contribution is 0.415. The van der Waals surface area contributed by atoms with E-state index in [1.165, 1.54) is 11.3 Å². The van der Waals surface area contributed by atoms with Crippen molar-refractivity contribution in [3.05, 3.63) is 41.4 Å². The Hall–Kier alpha value is -2.31. The van der Waals surface area contributed by atoms with Crippen molar-refractivity contribution in [1.29, 1.82) is 0 Å². The maximum Gasteiger partial charge on any atom is 0.302 e. The second-order valence-corrected chi connectivity index (χ2v) is 6.08. The molecule has 1 N–H and O–H groups in total. The van der Waals surface area contributed by atoms with Gasteiger partial charge in [-0.25, -0.2) is 4.98 Å². The zero-order valence-corrected chi connectivity index (χ0v) is 13.0. The molecule has 110 valence electrons. The van der Waals surface area contributed by atoms with Crippen molar-refractivity contribution in [2.24, 2.45) is 0 Å². The molecule has 4 rings (SSSR count). The molecular formula is C15H10ClN3O2S. The van der Waals surface area contributed by atoms with E-state index in [2.05, 4.69) is 15.3 Å². The fraction of sp³-hybridized carbons (Fsp3) is 0.0667. The summed E-state index contributed by atoms with van der Waals surface area (Å²) in [6.07, 6.45) is 0. The van der Waals surface area contributed by atoms with E-state index in [9.17, 15) is 0 Å². The van der Waals surface area contributed by atoms with Crippen LogP contribution in [0.25, 0.3) is 21.3 Å². The maximum atomic E-state index is 5.97. The Morgan fingerprint density at radius 3 is 2.91 bits per heavy atom. The number of ether oxygens (including phenoxy) is 1. The zero-order chi connectivity index (χ0) is 15.1. The van der Waals surface area contributed by atoms with E-state index in [0.717, 1.165) is 21.5 Å². The quantitative estimate of drug-likeness (QED) is 0.582. The Labute approximate surface area is 134 Å². The normalized spacial score (nSPS) is 11.2. The Morgan fingerprint density at radius 1 is 1.14 bits per heavy atom. The molecule has 0 saturated heterocycles. The summed E-state index contributed by atoms with van der Waals surface area (Å²) in [7, 11) is 1.62. The molecule has 5 nitrogen and oxygen atoms in total. The number of fused-ring (bicyclic) bond motifs is 2. The number of rotatable bonds is 3. The molecule has 2 aromatic heterocycles. The van der Waals surface area contributed by atoms with Crippen molar-refractivity contribution in [2.45, 2.75) is 0 Å². The van der Waals surface area contributed by atoms with Crippen LogP contribution < -0.4 is 10.1 Å². The number of oxazole rings is 1. The zero-order valence-electron chi connectivity index (χ0n) is 11.5. The topological polar surface area (TPSA) is 60.2 Å². The lowest BCUT2D eigenvalue weighted by Gasteiger charge is -1.95. The Bertz CT molecular complexity index is 979. The Kier molecular flexibility index (Phi) is 3.13. The third kappa shape index (κ3) is 2.36. The van der Waals surface area contributed by atoms with Crippen LogP contribution in [-0.2, 0) is 0 Å². The molecule has 4 aromatic rings. The van der Waals surface area contributed by atoms with Gasteiger partial charge in [0.15, 0.2) is 10.7 Å². The molecule has 0 spiro atoms. The molecule has 0 radical (unpaired) electrons. The van der Waals surface area contributed by atoms with E-state index >= 15 is 0 Å². The van der Waals surface area contributed by atoms with Crippen LogP contribution in [0.3, 0.4) is 0 Å². The van der Waals surface area contributed by atoms with Crippen molar-refractivity contribution in [2.75, 3.05) is 12.4 Å². The number of nitrogens with one attached hydrogen (secondary N) is 1. The van der Waals surface area contributed by atoms with Gasteiger partial charge in [0.25, 0.3) is 0 Å². The van der Waals surface area contributed by atoms with E-state index in [0.29, 0.717) is 21.8 Å². The van der Waals surface area contributed by atoms with Gasteiger partial charge in [-0.2, -0.15) is 4.98 Å². The van der Waals surface area contributed by atoms with Gasteiger partial charge in [-0.1, -0.05) is 22.9 Å². The smallest absolute Gasteiger partial charge is 0.302 e. The van der Waals surface area contributed by atoms with Crippen molar-refractivity contribution in [3.63, 3.8) is 0 Å². The van der Waals surface area contributed by atoms with E-state index in [4.69, 9.17) is 20.8 Å². The van der Waals surface area contributed by atoms with E-state index < -0.39 is 0 Å². The van der Waals surface area contributed by atoms with Crippen LogP contribution in [0, 0.1) is 0 Å². The first kappa shape index (κ1) is 13.4. The molecule has 2 aromatic carbocycles. The lowest BCUT2D eigenvalue weighted by atomic mass is 10.3. The first-order valence-electron chi connectivity index (χ1n) is 6.49. The summed E-state index contributed by atoms with van der Waals surface area (Å²) in [6, 6.07) is 11.5. The summed E-state index contributed by atoms with van der Waals surface area (Å²) >= 11 is 7.48. The summed E-state index contributed by atoms with van der Waals surface area (Å²) in [5.74, 6) is 0.738. The standard InChI is InChI=1S/C15H10ClN3O2S/c1-20-9-3-4-12-10(7-9)17-14(21-12)19-15-18-11-6-8(16)2-5-13(11)22-15/h2-7H,1H3,(H,17,18,19). The molecule has 0 amide bonds. The second kappa shape index (κ2) is 5.15. The molecule has 0 bridgehead atoms. The highest BCUT2D eigenvalue weighted by molar-refractivity contribution is 7.22. The second-order valence-electron chi connectivity index (χ2n) is 4.61. The van der Waals surface area contributed by atoms with Gasteiger partial charge in [-0.15, -0.1) is 0 Å². The van der Waals surface area contributed by atoms with Crippen molar-refractivity contribution >= 4 is 55.4 Å². The van der Waals surface area contributed by atoms with Gasteiger partial charge in [-0.3, -0.25) is 5.32 Å². The van der Waals surface area contributed by atoms with E-state index in [1.807, 2.05) is 36.4 Å². The summed E-state index contributed by atoms with van der Waals surface area (Å²) in [5.41, 5.74) is 2.26. The highest BCUT2D eigenvalue weighted by Gasteiger charge is 2.10. The lowest BCUT2D eigenvalue weighted by Crippen LogP contribution is -1.88. The number of hydrogen-bond acceptors (Lipinski definition) is 6. The van der Waals surface area contributed by atoms with E-state index in [1.54, 1.807) is 7.11 Å². The molecule has 0 aliphatic carbocycles. The largest absolute Gasteiger partial charge is 0.497 e. The molecule has 0 saturated carbocycles. The minimum Gasteiger partial charge on any atom is -0.497 e. The Balaban J connectivity index is 1.69. The molecule has 0 fully saturated rings. The predicted octanol–water partition coefficient (Wildman–Crippen LogP) is 4.84. The summed E-state index contributed by atoms with van der Waals surface area (Å²) < 4.78 is 11.9. The average molecular weight is 332 g/mol. The van der Waals surface area contributed by atoms with Crippen LogP contribution in [0.15, 0.2) is 40.8 Å². The average Bonchev–Trinajstić information content (AvgIpc) is 3.08. The molecule has 0 atom stereocenters. The van der Waals surface area contributed by atoms with Gasteiger partial charge < -0.3 is 9.15 Å². The minimum atomic E-state index is 0.397. The summed E-state index contributed by atoms with van der Waals surface area (Å²) in [4.78, 5) is 8.86. The number of benzene rings is 2. The molecule has 22 heavy (non-hydrogen) atoms. The van der Waals surface area contributed by atoms with Gasteiger partial charge in [0, 0.05) is 11.1 Å². The highest BCUT2D eigenvalue weighted by Crippen LogP contribution is 2.31. The number of methoxy groups -OCH3 is 1. The van der Waals surface area contributed by atoms with Crippen LogP contribution in [-0.4, -0.2) is 17.1 Å². The van der Waals surface area contributed by atoms with Gasteiger partial charge in [0.2, 0.25) is 0 Å². The van der Waals surface area contributed by atoms with Crippen molar-refractivity contribution in [3.8, 4) is 5.75 Å². The van der Waals surface area contributed by atoms with E-state index in [-0.39, 0.29) is 0 Å². The number of nitrogens with zero attached hydrogens (tertiary/aromatic N) is 2. The molecule has 0 unspecified atom stereocenters. The monoisotopic (exact) mass is 331 g/mol. The molecule has 7 heteroatoms. The van der Waals surface area contributed by atoms with Crippen LogP contribution in [0.2, 0.25) is 5.02 Å². The van der Waals surface area contributed by atoms with Crippen LogP contribution in [0.5, 0.6) is 5.75 Å². The number of thiazole rings is 1. The van der Waals surface area contributed by atoms with Crippen molar-refractivity contribution < 1.29 is 9.15 Å². The number of halogens is 1. The number of anilines is 2. The van der Waals surface area contributed by atoms with Crippen molar-refractivity contribution in [1.82, 2.24) is 9.97 Å². The van der Waals surface area contributed by atoms with Gasteiger partial charge in [0.05, 0.1) is 17.3 Å². The third-order valence-corrected chi connectivity index (χ3v) is 4.35. The summed E-state index contributed by atoms with van der Waals surface area (Å²) in [6.45, 7) is 0. The fourth-order valence-electron chi connectivity index (χ4n) is 2.13. The van der Waals surface area contributed by atoms with Gasteiger partial charge >= 0.3 is 6.01 Å². The fourth-order valence-corrected chi connectivity index (χ4v) is 3.14. The van der Waals surface area contributed by atoms with Crippen LogP contribution in [0.4, 0.5) is 11.1 Å². The SMILES string of the molecule is COc1ccc2oc(Nc3nc4cc(Cl)ccc4s3)nc2c1. The molecule has 0 aliphatic rings.